The Morgan fingerprint density at radius 1 is 1.15 bits per heavy atom. The maximum atomic E-state index is 14.7. The highest BCUT2D eigenvalue weighted by Gasteiger charge is 2.51. The highest BCUT2D eigenvalue weighted by atomic mass is 32.2. The Balaban J connectivity index is 1.98. The lowest BCUT2D eigenvalue weighted by atomic mass is 9.92. The van der Waals surface area contributed by atoms with E-state index < -0.39 is 45.6 Å². The SMILES string of the molecule is CCCS(=O)(=O)N1CC(=O)N(c2ccc(F)cc2F)C(C)(C(=O)NC2CCCCCCC2)C1. The first-order valence-corrected chi connectivity index (χ1v) is 13.3. The van der Waals surface area contributed by atoms with Gasteiger partial charge in [0.1, 0.15) is 17.2 Å². The zero-order chi connectivity index (χ0) is 24.2. The van der Waals surface area contributed by atoms with Gasteiger partial charge in [-0.2, -0.15) is 4.31 Å². The number of nitrogens with one attached hydrogen (secondary N) is 1. The Hall–Kier alpha value is -2.07. The van der Waals surface area contributed by atoms with Gasteiger partial charge in [-0.1, -0.05) is 39.0 Å². The van der Waals surface area contributed by atoms with Gasteiger partial charge in [0.05, 0.1) is 18.0 Å². The first-order chi connectivity index (χ1) is 15.6. The second kappa shape index (κ2) is 10.5. The van der Waals surface area contributed by atoms with Crippen molar-refractivity contribution in [1.29, 1.82) is 0 Å². The number of hydrogen-bond acceptors (Lipinski definition) is 4. The summed E-state index contributed by atoms with van der Waals surface area (Å²) >= 11 is 0. The van der Waals surface area contributed by atoms with Gasteiger partial charge in [-0.25, -0.2) is 17.2 Å². The topological polar surface area (TPSA) is 86.8 Å². The van der Waals surface area contributed by atoms with Crippen molar-refractivity contribution in [1.82, 2.24) is 9.62 Å². The molecule has 2 aliphatic rings. The number of halogens is 2. The molecule has 184 valence electrons. The van der Waals surface area contributed by atoms with E-state index in [4.69, 9.17) is 0 Å². The number of anilines is 1. The van der Waals surface area contributed by atoms with Crippen LogP contribution >= 0.6 is 0 Å². The summed E-state index contributed by atoms with van der Waals surface area (Å²) in [7, 11) is -3.78. The number of sulfonamides is 1. The molecule has 1 aromatic carbocycles. The fraction of sp³-hybridized carbons (Fsp3) is 0.652. The quantitative estimate of drug-likeness (QED) is 0.670. The van der Waals surface area contributed by atoms with Crippen LogP contribution in [-0.4, -0.2) is 55.0 Å². The van der Waals surface area contributed by atoms with Gasteiger partial charge in [0.25, 0.3) is 0 Å². The van der Waals surface area contributed by atoms with Gasteiger partial charge in [0.15, 0.2) is 0 Å². The summed E-state index contributed by atoms with van der Waals surface area (Å²) in [4.78, 5) is 27.8. The van der Waals surface area contributed by atoms with Gasteiger partial charge in [0.2, 0.25) is 21.8 Å². The first kappa shape index (κ1) is 25.6. The van der Waals surface area contributed by atoms with Crippen molar-refractivity contribution in [3.05, 3.63) is 29.8 Å². The smallest absolute Gasteiger partial charge is 0.247 e. The predicted octanol–water partition coefficient (Wildman–Crippen LogP) is 3.34. The standard InChI is InChI=1S/C23H33F2N3O4S/c1-3-13-33(31,32)27-15-21(29)28(20-12-11-17(24)14-19(20)25)23(2,16-27)22(30)26-18-9-7-5-4-6-8-10-18/h11-12,14,18H,3-10,13,15-16H2,1-2H3,(H,26,30). The van der Waals surface area contributed by atoms with Crippen molar-refractivity contribution in [2.45, 2.75) is 76.8 Å². The summed E-state index contributed by atoms with van der Waals surface area (Å²) in [5.41, 5.74) is -1.94. The monoisotopic (exact) mass is 485 g/mol. The van der Waals surface area contributed by atoms with E-state index in [1.54, 1.807) is 6.92 Å². The molecule has 2 amide bonds. The minimum Gasteiger partial charge on any atom is -0.351 e. The Bertz CT molecular complexity index is 980. The second-order valence-corrected chi connectivity index (χ2v) is 11.3. The van der Waals surface area contributed by atoms with E-state index in [0.717, 1.165) is 66.3 Å². The summed E-state index contributed by atoms with van der Waals surface area (Å²) in [6, 6.07) is 2.67. The van der Waals surface area contributed by atoms with Gasteiger partial charge in [-0.05, 0) is 38.3 Å². The van der Waals surface area contributed by atoms with Gasteiger partial charge < -0.3 is 5.32 Å². The fourth-order valence-electron chi connectivity index (χ4n) is 4.73. The van der Waals surface area contributed by atoms with Crippen LogP contribution in [0.1, 0.15) is 65.2 Å². The lowest BCUT2D eigenvalue weighted by Gasteiger charge is -2.47. The highest BCUT2D eigenvalue weighted by Crippen LogP contribution is 2.33. The highest BCUT2D eigenvalue weighted by molar-refractivity contribution is 7.89. The van der Waals surface area contributed by atoms with E-state index in [-0.39, 0.29) is 24.0 Å². The van der Waals surface area contributed by atoms with Gasteiger partial charge in [0, 0.05) is 18.7 Å². The molecule has 0 spiro atoms. The molecule has 1 unspecified atom stereocenters. The largest absolute Gasteiger partial charge is 0.351 e. The van der Waals surface area contributed by atoms with Crippen LogP contribution in [0, 0.1) is 11.6 Å². The van der Waals surface area contributed by atoms with Crippen molar-refractivity contribution >= 4 is 27.5 Å². The second-order valence-electron chi connectivity index (χ2n) is 9.20. The molecule has 1 saturated heterocycles. The molecule has 7 nitrogen and oxygen atoms in total. The molecule has 1 heterocycles. The van der Waals surface area contributed by atoms with E-state index in [9.17, 15) is 26.8 Å². The van der Waals surface area contributed by atoms with Crippen LogP contribution in [0.3, 0.4) is 0 Å². The molecule has 1 aromatic rings. The number of hydrogen-bond donors (Lipinski definition) is 1. The minimum atomic E-state index is -3.78. The van der Waals surface area contributed by atoms with Crippen molar-refractivity contribution in [2.24, 2.45) is 0 Å². The Kier molecular flexibility index (Phi) is 8.10. The van der Waals surface area contributed by atoms with E-state index in [0.29, 0.717) is 12.5 Å². The number of rotatable bonds is 6. The Morgan fingerprint density at radius 3 is 2.39 bits per heavy atom. The molecule has 0 aromatic heterocycles. The molecule has 0 bridgehead atoms. The van der Waals surface area contributed by atoms with Crippen LogP contribution in [0.4, 0.5) is 14.5 Å². The van der Waals surface area contributed by atoms with Crippen LogP contribution in [0.25, 0.3) is 0 Å². The number of piperazine rings is 1. The third-order valence-corrected chi connectivity index (χ3v) is 8.44. The van der Waals surface area contributed by atoms with E-state index in [2.05, 4.69) is 5.32 Å². The number of carbonyl (C=O) groups excluding carboxylic acids is 2. The summed E-state index contributed by atoms with van der Waals surface area (Å²) < 4.78 is 54.8. The Labute approximate surface area is 194 Å². The normalized spacial score (nSPS) is 23.8. The van der Waals surface area contributed by atoms with Crippen molar-refractivity contribution in [3.8, 4) is 0 Å². The van der Waals surface area contributed by atoms with Crippen LogP contribution in [-0.2, 0) is 19.6 Å². The average molecular weight is 486 g/mol. The molecular formula is C23H33F2N3O4S. The first-order valence-electron chi connectivity index (χ1n) is 11.7. The molecule has 1 saturated carbocycles. The third-order valence-electron chi connectivity index (χ3n) is 6.47. The molecule has 2 fully saturated rings. The number of amides is 2. The number of benzene rings is 1. The van der Waals surface area contributed by atoms with Crippen molar-refractivity contribution < 1.29 is 26.8 Å². The maximum Gasteiger partial charge on any atom is 0.247 e. The predicted molar refractivity (Wildman–Crippen MR) is 122 cm³/mol. The van der Waals surface area contributed by atoms with E-state index in [1.807, 2.05) is 0 Å². The fourth-order valence-corrected chi connectivity index (χ4v) is 6.26. The Morgan fingerprint density at radius 2 is 1.79 bits per heavy atom. The minimum absolute atomic E-state index is 0.104. The van der Waals surface area contributed by atoms with Crippen molar-refractivity contribution in [2.75, 3.05) is 23.7 Å². The van der Waals surface area contributed by atoms with Crippen LogP contribution < -0.4 is 10.2 Å². The molecule has 10 heteroatoms. The molecule has 1 N–H and O–H groups in total. The third kappa shape index (κ3) is 5.71. The number of carbonyl (C=O) groups is 2. The zero-order valence-corrected chi connectivity index (χ0v) is 20.1. The zero-order valence-electron chi connectivity index (χ0n) is 19.3. The average Bonchev–Trinajstić information content (AvgIpc) is 2.70. The van der Waals surface area contributed by atoms with Gasteiger partial charge >= 0.3 is 0 Å². The van der Waals surface area contributed by atoms with Gasteiger partial charge in [-0.15, -0.1) is 0 Å². The van der Waals surface area contributed by atoms with Crippen molar-refractivity contribution in [3.63, 3.8) is 0 Å². The van der Waals surface area contributed by atoms with E-state index in [1.165, 1.54) is 6.92 Å². The maximum absolute atomic E-state index is 14.7. The van der Waals surface area contributed by atoms with Crippen LogP contribution in [0.5, 0.6) is 0 Å². The molecule has 0 radical (unpaired) electrons. The van der Waals surface area contributed by atoms with E-state index >= 15 is 0 Å². The van der Waals surface area contributed by atoms with Crippen LogP contribution in [0.15, 0.2) is 18.2 Å². The molecule has 33 heavy (non-hydrogen) atoms. The summed E-state index contributed by atoms with van der Waals surface area (Å²) in [6.45, 7) is 2.34. The lowest BCUT2D eigenvalue weighted by Crippen LogP contribution is -2.71. The van der Waals surface area contributed by atoms with Crippen LogP contribution in [0.2, 0.25) is 0 Å². The number of nitrogens with zero attached hydrogens (tertiary/aromatic N) is 2. The molecule has 3 rings (SSSR count). The molecule has 1 aliphatic carbocycles. The molecule has 1 aliphatic heterocycles. The summed E-state index contributed by atoms with van der Waals surface area (Å²) in [5.74, 6) is -3.24. The molecule has 1 atom stereocenters. The summed E-state index contributed by atoms with van der Waals surface area (Å²) in [5, 5.41) is 3.00. The van der Waals surface area contributed by atoms with Gasteiger partial charge in [-0.3, -0.25) is 14.5 Å². The molecular weight excluding hydrogens is 452 g/mol. The lowest BCUT2D eigenvalue weighted by molar-refractivity contribution is -0.133. The summed E-state index contributed by atoms with van der Waals surface area (Å²) in [6.07, 6.45) is 7.19.